The lowest BCUT2D eigenvalue weighted by atomic mass is 9.95. The largest absolute Gasteiger partial charge is 0.478 e. The van der Waals surface area contributed by atoms with E-state index in [4.69, 9.17) is 0 Å². The third kappa shape index (κ3) is 3.63. The van der Waals surface area contributed by atoms with Crippen LogP contribution in [0.5, 0.6) is 0 Å². The number of carbonyl (C=O) groups is 1. The Bertz CT molecular complexity index is 659. The van der Waals surface area contributed by atoms with Crippen LogP contribution in [0.4, 0.5) is 0 Å². The van der Waals surface area contributed by atoms with Crippen molar-refractivity contribution in [3.63, 3.8) is 0 Å². The first-order chi connectivity index (χ1) is 9.60. The summed E-state index contributed by atoms with van der Waals surface area (Å²) in [6, 6.07) is 5.04. The van der Waals surface area contributed by atoms with Crippen molar-refractivity contribution in [2.45, 2.75) is 33.7 Å². The summed E-state index contributed by atoms with van der Waals surface area (Å²) >= 11 is 0. The molecule has 0 aromatic heterocycles. The van der Waals surface area contributed by atoms with Crippen LogP contribution in [0.15, 0.2) is 18.2 Å². The van der Waals surface area contributed by atoms with Crippen molar-refractivity contribution in [3.8, 4) is 0 Å². The molecule has 1 heterocycles. The maximum Gasteiger partial charge on any atom is 0.335 e. The van der Waals surface area contributed by atoms with Crippen molar-refractivity contribution in [1.82, 2.24) is 4.31 Å². The summed E-state index contributed by atoms with van der Waals surface area (Å²) in [6.45, 7) is 6.28. The van der Waals surface area contributed by atoms with E-state index in [1.165, 1.54) is 4.31 Å². The quantitative estimate of drug-likeness (QED) is 0.928. The average Bonchev–Trinajstić information content (AvgIpc) is 2.34. The first-order valence-electron chi connectivity index (χ1n) is 6.92. The minimum atomic E-state index is -3.33. The topological polar surface area (TPSA) is 74.7 Å². The van der Waals surface area contributed by atoms with Gasteiger partial charge in [-0.1, -0.05) is 32.9 Å². The molecular weight excluding hydrogens is 290 g/mol. The molecule has 21 heavy (non-hydrogen) atoms. The van der Waals surface area contributed by atoms with Crippen molar-refractivity contribution < 1.29 is 18.3 Å². The van der Waals surface area contributed by atoms with Gasteiger partial charge in [0.1, 0.15) is 0 Å². The third-order valence-electron chi connectivity index (χ3n) is 3.47. The van der Waals surface area contributed by atoms with E-state index < -0.39 is 16.0 Å². The van der Waals surface area contributed by atoms with Gasteiger partial charge >= 0.3 is 5.97 Å². The molecule has 0 saturated carbocycles. The Morgan fingerprint density at radius 1 is 1.33 bits per heavy atom. The van der Waals surface area contributed by atoms with Crippen LogP contribution in [0.25, 0.3) is 0 Å². The predicted molar refractivity (Wildman–Crippen MR) is 80.8 cm³/mol. The molecule has 5 nitrogen and oxygen atoms in total. The van der Waals surface area contributed by atoms with Gasteiger partial charge in [0.15, 0.2) is 0 Å². The van der Waals surface area contributed by atoms with E-state index in [1.54, 1.807) is 18.2 Å². The number of carboxylic acids is 1. The molecule has 1 aliphatic heterocycles. The molecule has 0 aliphatic carbocycles. The number of aromatic carboxylic acids is 1. The minimum Gasteiger partial charge on any atom is -0.478 e. The summed E-state index contributed by atoms with van der Waals surface area (Å²) in [6.07, 6.45) is 0.446. The van der Waals surface area contributed by atoms with E-state index in [9.17, 15) is 18.3 Å². The van der Waals surface area contributed by atoms with E-state index in [-0.39, 0.29) is 23.3 Å². The maximum atomic E-state index is 12.4. The van der Waals surface area contributed by atoms with E-state index in [2.05, 4.69) is 0 Å². The van der Waals surface area contributed by atoms with Gasteiger partial charge in [0, 0.05) is 13.1 Å². The molecule has 1 aromatic carbocycles. The van der Waals surface area contributed by atoms with Gasteiger partial charge in [0.2, 0.25) is 10.0 Å². The first-order valence-corrected chi connectivity index (χ1v) is 8.53. The predicted octanol–water partition coefficient (Wildman–Crippen LogP) is 2.12. The number of hydrogen-bond acceptors (Lipinski definition) is 3. The van der Waals surface area contributed by atoms with Crippen LogP contribution in [0, 0.1) is 5.41 Å². The van der Waals surface area contributed by atoms with Gasteiger partial charge < -0.3 is 5.11 Å². The highest BCUT2D eigenvalue weighted by Crippen LogP contribution is 2.27. The van der Waals surface area contributed by atoms with Gasteiger partial charge in [-0.3, -0.25) is 0 Å². The Labute approximate surface area is 125 Å². The van der Waals surface area contributed by atoms with E-state index in [0.29, 0.717) is 13.0 Å². The molecule has 0 spiro atoms. The number of rotatable bonds is 3. The van der Waals surface area contributed by atoms with Crippen LogP contribution in [0.2, 0.25) is 0 Å². The highest BCUT2D eigenvalue weighted by molar-refractivity contribution is 7.89. The van der Waals surface area contributed by atoms with Gasteiger partial charge in [-0.05, 0) is 29.0 Å². The number of hydrogen-bond donors (Lipinski definition) is 1. The molecule has 6 heteroatoms. The summed E-state index contributed by atoms with van der Waals surface area (Å²) in [5.74, 6) is -0.869. The highest BCUT2D eigenvalue weighted by atomic mass is 32.2. The number of benzene rings is 1. The second-order valence-electron chi connectivity index (χ2n) is 6.65. The fourth-order valence-corrected chi connectivity index (χ4v) is 4.64. The maximum absolute atomic E-state index is 12.4. The van der Waals surface area contributed by atoms with Crippen LogP contribution in [0.1, 0.15) is 42.3 Å². The Balaban J connectivity index is 2.28. The Kier molecular flexibility index (Phi) is 4.13. The summed E-state index contributed by atoms with van der Waals surface area (Å²) in [7, 11) is -3.33. The van der Waals surface area contributed by atoms with Crippen molar-refractivity contribution in [2.75, 3.05) is 12.3 Å². The van der Waals surface area contributed by atoms with Gasteiger partial charge in [-0.15, -0.1) is 0 Å². The van der Waals surface area contributed by atoms with Crippen molar-refractivity contribution in [3.05, 3.63) is 34.9 Å². The Hall–Kier alpha value is -1.40. The van der Waals surface area contributed by atoms with Crippen LogP contribution < -0.4 is 0 Å². The lowest BCUT2D eigenvalue weighted by Crippen LogP contribution is -2.40. The number of carboxylic acid groups (broad SMARTS) is 1. The standard InChI is InChI=1S/C15H21NO4S/c1-15(2,3)10-21(19,20)16-8-7-12-11(9-16)5-4-6-13(12)14(17)18/h4-6H,7-10H2,1-3H3,(H,17,18). The molecule has 0 bridgehead atoms. The smallest absolute Gasteiger partial charge is 0.335 e. The molecule has 1 aliphatic rings. The third-order valence-corrected chi connectivity index (χ3v) is 5.80. The molecule has 2 rings (SSSR count). The summed E-state index contributed by atoms with van der Waals surface area (Å²) in [4.78, 5) is 11.2. The van der Waals surface area contributed by atoms with Gasteiger partial charge in [0.25, 0.3) is 0 Å². The molecule has 116 valence electrons. The van der Waals surface area contributed by atoms with Crippen LogP contribution in [0.3, 0.4) is 0 Å². The molecule has 0 radical (unpaired) electrons. The number of sulfonamides is 1. The SMILES string of the molecule is CC(C)(C)CS(=O)(=O)N1CCc2c(cccc2C(=O)O)C1. The lowest BCUT2D eigenvalue weighted by Gasteiger charge is -2.31. The number of nitrogens with zero attached hydrogens (tertiary/aromatic N) is 1. The molecule has 0 saturated heterocycles. The van der Waals surface area contributed by atoms with Crippen molar-refractivity contribution >= 4 is 16.0 Å². The summed E-state index contributed by atoms with van der Waals surface area (Å²) in [5.41, 5.74) is 1.52. The zero-order valence-electron chi connectivity index (χ0n) is 12.6. The normalized spacial score (nSPS) is 16.5. The summed E-state index contributed by atoms with van der Waals surface area (Å²) < 4.78 is 26.3. The van der Waals surface area contributed by atoms with Gasteiger partial charge in [-0.2, -0.15) is 4.31 Å². The molecule has 0 atom stereocenters. The fraction of sp³-hybridized carbons (Fsp3) is 0.533. The van der Waals surface area contributed by atoms with Gasteiger partial charge in [-0.25, -0.2) is 13.2 Å². The second-order valence-corrected chi connectivity index (χ2v) is 8.62. The average molecular weight is 311 g/mol. The molecule has 1 N–H and O–H groups in total. The van der Waals surface area contributed by atoms with E-state index in [0.717, 1.165) is 11.1 Å². The van der Waals surface area contributed by atoms with E-state index in [1.807, 2.05) is 20.8 Å². The summed E-state index contributed by atoms with van der Waals surface area (Å²) in [5, 5.41) is 9.19. The highest BCUT2D eigenvalue weighted by Gasteiger charge is 2.31. The molecule has 0 amide bonds. The lowest BCUT2D eigenvalue weighted by molar-refractivity contribution is 0.0695. The monoisotopic (exact) mass is 311 g/mol. The number of fused-ring (bicyclic) bond motifs is 1. The molecule has 0 fully saturated rings. The minimum absolute atomic E-state index is 0.0912. The van der Waals surface area contributed by atoms with Crippen molar-refractivity contribution in [2.24, 2.45) is 5.41 Å². The fourth-order valence-electron chi connectivity index (χ4n) is 2.66. The Morgan fingerprint density at radius 2 is 2.00 bits per heavy atom. The Morgan fingerprint density at radius 3 is 2.57 bits per heavy atom. The van der Waals surface area contributed by atoms with E-state index >= 15 is 0 Å². The zero-order valence-corrected chi connectivity index (χ0v) is 13.4. The van der Waals surface area contributed by atoms with Gasteiger partial charge in [0.05, 0.1) is 11.3 Å². The van der Waals surface area contributed by atoms with Crippen LogP contribution in [-0.2, 0) is 23.0 Å². The molecular formula is C15H21NO4S. The second kappa shape index (κ2) is 5.42. The van der Waals surface area contributed by atoms with Crippen LogP contribution >= 0.6 is 0 Å². The molecule has 1 aromatic rings. The van der Waals surface area contributed by atoms with Crippen molar-refractivity contribution in [1.29, 1.82) is 0 Å². The zero-order chi connectivity index (χ0) is 15.8. The molecule has 0 unspecified atom stereocenters. The van der Waals surface area contributed by atoms with Crippen LogP contribution in [-0.4, -0.2) is 36.1 Å². The first kappa shape index (κ1) is 16.0.